The summed E-state index contributed by atoms with van der Waals surface area (Å²) in [6.45, 7) is 7.01. The van der Waals surface area contributed by atoms with E-state index in [1.165, 1.54) is 25.7 Å². The van der Waals surface area contributed by atoms with Crippen LogP contribution in [0.4, 0.5) is 0 Å². The summed E-state index contributed by atoms with van der Waals surface area (Å²) in [6.07, 6.45) is 5.99. The smallest absolute Gasteiger partial charge is 0.228 e. The summed E-state index contributed by atoms with van der Waals surface area (Å²) >= 11 is 0. The first-order valence-corrected chi connectivity index (χ1v) is 7.39. The Morgan fingerprint density at radius 1 is 1.44 bits per heavy atom. The average molecular weight is 253 g/mol. The highest BCUT2D eigenvalue weighted by molar-refractivity contribution is 5.85. The number of nitrogens with zero attached hydrogens (tertiary/aromatic N) is 1. The van der Waals surface area contributed by atoms with Crippen LogP contribution in [0.15, 0.2) is 0 Å². The summed E-state index contributed by atoms with van der Waals surface area (Å²) in [4.78, 5) is 14.6. The van der Waals surface area contributed by atoms with Crippen LogP contribution in [0.1, 0.15) is 52.9 Å². The predicted molar refractivity (Wildman–Crippen MR) is 72.3 cm³/mol. The van der Waals surface area contributed by atoms with Crippen molar-refractivity contribution in [1.29, 1.82) is 0 Å². The van der Waals surface area contributed by atoms with Crippen molar-refractivity contribution in [3.8, 4) is 0 Å². The standard InChI is InChI=1S/C15H27NO2/c1-5-18-11(2)10-15(3)12-8-6-7-9-13(12)16(4)14(15)17/h11-13H,5-10H2,1-4H3. The molecule has 0 spiro atoms. The molecule has 4 atom stereocenters. The van der Waals surface area contributed by atoms with Crippen molar-refractivity contribution in [2.75, 3.05) is 13.7 Å². The van der Waals surface area contributed by atoms with E-state index < -0.39 is 0 Å². The molecule has 1 aliphatic carbocycles. The van der Waals surface area contributed by atoms with Gasteiger partial charge in [0, 0.05) is 19.7 Å². The maximum Gasteiger partial charge on any atom is 0.228 e. The van der Waals surface area contributed by atoms with Crippen molar-refractivity contribution in [1.82, 2.24) is 4.90 Å². The molecule has 0 radical (unpaired) electrons. The Bertz CT molecular complexity index is 318. The highest BCUT2D eigenvalue weighted by Gasteiger charge is 2.55. The maximum atomic E-state index is 12.6. The van der Waals surface area contributed by atoms with Gasteiger partial charge >= 0.3 is 0 Å². The second-order valence-electron chi connectivity index (χ2n) is 6.26. The molecule has 2 aliphatic rings. The van der Waals surface area contributed by atoms with Gasteiger partial charge in [-0.3, -0.25) is 4.79 Å². The fourth-order valence-corrected chi connectivity index (χ4v) is 4.21. The second kappa shape index (κ2) is 5.20. The second-order valence-corrected chi connectivity index (χ2v) is 6.26. The summed E-state index contributed by atoms with van der Waals surface area (Å²) in [6, 6.07) is 0.477. The normalized spacial score (nSPS) is 37.8. The Hall–Kier alpha value is -0.570. The highest BCUT2D eigenvalue weighted by Crippen LogP contribution is 2.50. The van der Waals surface area contributed by atoms with Gasteiger partial charge in [0.25, 0.3) is 0 Å². The van der Waals surface area contributed by atoms with E-state index in [2.05, 4.69) is 13.8 Å². The summed E-state index contributed by atoms with van der Waals surface area (Å²) in [5.74, 6) is 0.873. The van der Waals surface area contributed by atoms with Gasteiger partial charge in [-0.05, 0) is 39.0 Å². The molecule has 0 aromatic carbocycles. The van der Waals surface area contributed by atoms with Gasteiger partial charge in [0.1, 0.15) is 0 Å². The number of likely N-dealkylation sites (tertiary alicyclic amines) is 1. The Balaban J connectivity index is 2.16. The van der Waals surface area contributed by atoms with Gasteiger partial charge in [-0.15, -0.1) is 0 Å². The molecule has 0 aromatic rings. The molecule has 18 heavy (non-hydrogen) atoms. The van der Waals surface area contributed by atoms with Crippen molar-refractivity contribution in [2.24, 2.45) is 11.3 Å². The molecule has 0 bridgehead atoms. The fraction of sp³-hybridized carbons (Fsp3) is 0.933. The molecular weight excluding hydrogens is 226 g/mol. The van der Waals surface area contributed by atoms with Crippen LogP contribution in [0, 0.1) is 11.3 Å². The zero-order chi connectivity index (χ0) is 13.3. The third-order valence-electron chi connectivity index (χ3n) is 5.02. The number of amides is 1. The van der Waals surface area contributed by atoms with Crippen LogP contribution in [0.3, 0.4) is 0 Å². The number of carbonyl (C=O) groups is 1. The van der Waals surface area contributed by atoms with Crippen LogP contribution in [0.2, 0.25) is 0 Å². The Labute approximate surface area is 111 Å². The van der Waals surface area contributed by atoms with Crippen LogP contribution >= 0.6 is 0 Å². The molecule has 3 heteroatoms. The van der Waals surface area contributed by atoms with Crippen LogP contribution in [0.5, 0.6) is 0 Å². The van der Waals surface area contributed by atoms with E-state index in [-0.39, 0.29) is 11.5 Å². The van der Waals surface area contributed by atoms with Gasteiger partial charge in [0.05, 0.1) is 11.5 Å². The van der Waals surface area contributed by atoms with E-state index in [0.29, 0.717) is 17.9 Å². The van der Waals surface area contributed by atoms with Crippen LogP contribution < -0.4 is 0 Å². The number of rotatable bonds is 4. The molecule has 1 aliphatic heterocycles. The molecule has 1 amide bonds. The first kappa shape index (κ1) is 13.9. The van der Waals surface area contributed by atoms with Crippen molar-refractivity contribution in [3.63, 3.8) is 0 Å². The minimum absolute atomic E-state index is 0.179. The zero-order valence-electron chi connectivity index (χ0n) is 12.2. The first-order chi connectivity index (χ1) is 8.50. The number of hydrogen-bond acceptors (Lipinski definition) is 2. The van der Waals surface area contributed by atoms with E-state index in [9.17, 15) is 4.79 Å². The van der Waals surface area contributed by atoms with Gasteiger partial charge in [-0.25, -0.2) is 0 Å². The average Bonchev–Trinajstić information content (AvgIpc) is 2.53. The lowest BCUT2D eigenvalue weighted by Gasteiger charge is -2.35. The van der Waals surface area contributed by atoms with Gasteiger partial charge in [-0.1, -0.05) is 19.8 Å². The van der Waals surface area contributed by atoms with E-state index in [4.69, 9.17) is 4.74 Å². The monoisotopic (exact) mass is 253 g/mol. The minimum atomic E-state index is -0.200. The number of carbonyl (C=O) groups excluding carboxylic acids is 1. The summed E-state index contributed by atoms with van der Waals surface area (Å²) in [7, 11) is 1.99. The summed E-state index contributed by atoms with van der Waals surface area (Å²) in [5.41, 5.74) is -0.200. The topological polar surface area (TPSA) is 29.5 Å². The zero-order valence-corrected chi connectivity index (χ0v) is 12.2. The SMILES string of the molecule is CCOC(C)CC1(C)C(=O)N(C)C2CCCCC21. The Morgan fingerprint density at radius 3 is 2.78 bits per heavy atom. The molecule has 0 N–H and O–H groups in total. The lowest BCUT2D eigenvalue weighted by atomic mass is 9.68. The van der Waals surface area contributed by atoms with Crippen LogP contribution in [-0.2, 0) is 9.53 Å². The summed E-state index contributed by atoms with van der Waals surface area (Å²) in [5, 5.41) is 0. The molecular formula is C15H27NO2. The van der Waals surface area contributed by atoms with Gasteiger partial charge in [0.2, 0.25) is 5.91 Å². The van der Waals surface area contributed by atoms with Crippen LogP contribution in [0.25, 0.3) is 0 Å². The van der Waals surface area contributed by atoms with Crippen molar-refractivity contribution >= 4 is 5.91 Å². The summed E-state index contributed by atoms with van der Waals surface area (Å²) < 4.78 is 5.66. The number of hydrogen-bond donors (Lipinski definition) is 0. The largest absolute Gasteiger partial charge is 0.379 e. The molecule has 0 aromatic heterocycles. The molecule has 2 rings (SSSR count). The lowest BCUT2D eigenvalue weighted by Crippen LogP contribution is -2.36. The third-order valence-corrected chi connectivity index (χ3v) is 5.02. The van der Waals surface area contributed by atoms with Crippen molar-refractivity contribution in [3.05, 3.63) is 0 Å². The lowest BCUT2D eigenvalue weighted by molar-refractivity contribution is -0.137. The third kappa shape index (κ3) is 2.18. The van der Waals surface area contributed by atoms with Crippen molar-refractivity contribution < 1.29 is 9.53 Å². The highest BCUT2D eigenvalue weighted by atomic mass is 16.5. The van der Waals surface area contributed by atoms with E-state index in [0.717, 1.165) is 13.0 Å². The molecule has 1 heterocycles. The maximum absolute atomic E-state index is 12.6. The first-order valence-electron chi connectivity index (χ1n) is 7.39. The van der Waals surface area contributed by atoms with E-state index in [1.807, 2.05) is 18.9 Å². The van der Waals surface area contributed by atoms with Gasteiger partial charge in [-0.2, -0.15) is 0 Å². The van der Waals surface area contributed by atoms with E-state index >= 15 is 0 Å². The molecule has 1 saturated heterocycles. The quantitative estimate of drug-likeness (QED) is 0.771. The molecule has 104 valence electrons. The Kier molecular flexibility index (Phi) is 4.00. The molecule has 2 fully saturated rings. The number of ether oxygens (including phenoxy) is 1. The Morgan fingerprint density at radius 2 is 2.11 bits per heavy atom. The van der Waals surface area contributed by atoms with E-state index in [1.54, 1.807) is 0 Å². The van der Waals surface area contributed by atoms with Crippen molar-refractivity contribution in [2.45, 2.75) is 65.0 Å². The molecule has 3 nitrogen and oxygen atoms in total. The number of fused-ring (bicyclic) bond motifs is 1. The van der Waals surface area contributed by atoms with Gasteiger partial charge < -0.3 is 9.64 Å². The van der Waals surface area contributed by atoms with Crippen LogP contribution in [-0.4, -0.2) is 36.6 Å². The molecule has 1 saturated carbocycles. The fourth-order valence-electron chi connectivity index (χ4n) is 4.21. The minimum Gasteiger partial charge on any atom is -0.379 e. The molecule has 4 unspecified atom stereocenters. The van der Waals surface area contributed by atoms with Gasteiger partial charge in [0.15, 0.2) is 0 Å². The predicted octanol–water partition coefficient (Wildman–Crippen LogP) is 2.84.